The number of nitrogens with one attached hydrogen (secondary N) is 1. The first-order chi connectivity index (χ1) is 11.6. The molecule has 1 amide bonds. The fourth-order valence-electron chi connectivity index (χ4n) is 2.63. The number of carbonyl (C=O) groups is 1. The number of benzene rings is 2. The van der Waals surface area contributed by atoms with Crippen LogP contribution >= 0.6 is 0 Å². The Morgan fingerprint density at radius 3 is 2.83 bits per heavy atom. The molecular formula is C17H16N4O3. The lowest BCUT2D eigenvalue weighted by molar-refractivity contribution is -0.384. The quantitative estimate of drug-likeness (QED) is 0.576. The lowest BCUT2D eigenvalue weighted by atomic mass is 10.1. The van der Waals surface area contributed by atoms with E-state index in [0.29, 0.717) is 24.2 Å². The molecule has 0 radical (unpaired) electrons. The first kappa shape index (κ1) is 15.7. The van der Waals surface area contributed by atoms with Crippen LogP contribution in [0.5, 0.6) is 0 Å². The molecule has 122 valence electrons. The maximum Gasteiger partial charge on any atom is 0.269 e. The number of H-pyrrole nitrogens is 1. The van der Waals surface area contributed by atoms with E-state index in [2.05, 4.69) is 10.2 Å². The monoisotopic (exact) mass is 324 g/mol. The van der Waals surface area contributed by atoms with E-state index in [9.17, 15) is 14.9 Å². The van der Waals surface area contributed by atoms with E-state index < -0.39 is 4.92 Å². The van der Waals surface area contributed by atoms with Gasteiger partial charge in [-0.2, -0.15) is 5.10 Å². The second kappa shape index (κ2) is 6.49. The lowest BCUT2D eigenvalue weighted by Crippen LogP contribution is -2.30. The van der Waals surface area contributed by atoms with Crippen LogP contribution in [0.3, 0.4) is 0 Å². The summed E-state index contributed by atoms with van der Waals surface area (Å²) in [5.74, 6) is -0.140. The van der Waals surface area contributed by atoms with Gasteiger partial charge in [-0.1, -0.05) is 24.3 Å². The normalized spacial score (nSPS) is 10.7. The van der Waals surface area contributed by atoms with E-state index in [4.69, 9.17) is 0 Å². The summed E-state index contributed by atoms with van der Waals surface area (Å²) >= 11 is 0. The fraction of sp³-hybridized carbons (Fsp3) is 0.176. The minimum absolute atomic E-state index is 0.0201. The van der Waals surface area contributed by atoms with Crippen molar-refractivity contribution >= 4 is 22.5 Å². The van der Waals surface area contributed by atoms with Crippen molar-refractivity contribution in [1.82, 2.24) is 15.1 Å². The maximum atomic E-state index is 12.9. The van der Waals surface area contributed by atoms with Gasteiger partial charge in [-0.15, -0.1) is 0 Å². The van der Waals surface area contributed by atoms with Crippen LogP contribution in [0.2, 0.25) is 0 Å². The van der Waals surface area contributed by atoms with Crippen LogP contribution in [-0.4, -0.2) is 32.5 Å². The van der Waals surface area contributed by atoms with Crippen molar-refractivity contribution in [2.24, 2.45) is 0 Å². The number of para-hydroxylation sites is 1. The van der Waals surface area contributed by atoms with Crippen molar-refractivity contribution in [3.8, 4) is 0 Å². The van der Waals surface area contributed by atoms with Crippen molar-refractivity contribution in [2.45, 2.75) is 13.5 Å². The zero-order chi connectivity index (χ0) is 17.1. The molecule has 0 bridgehead atoms. The number of fused-ring (bicyclic) bond motifs is 1. The number of hydrogen-bond donors (Lipinski definition) is 1. The first-order valence-corrected chi connectivity index (χ1v) is 7.55. The summed E-state index contributed by atoms with van der Waals surface area (Å²) in [7, 11) is 0. The van der Waals surface area contributed by atoms with Gasteiger partial charge >= 0.3 is 0 Å². The van der Waals surface area contributed by atoms with Gasteiger partial charge in [0.05, 0.1) is 22.2 Å². The van der Waals surface area contributed by atoms with E-state index >= 15 is 0 Å². The van der Waals surface area contributed by atoms with Crippen molar-refractivity contribution < 1.29 is 9.72 Å². The standard InChI is InChI=1S/C17H16N4O3/c1-2-20(11-12-5-3-7-14(9-12)21(23)24)17(22)15-8-4-6-13-10-18-19-16(13)15/h3-10H,2,11H2,1H3,(H,18,19). The third kappa shape index (κ3) is 2.96. The van der Waals surface area contributed by atoms with Crippen LogP contribution in [-0.2, 0) is 6.54 Å². The highest BCUT2D eigenvalue weighted by Gasteiger charge is 2.18. The summed E-state index contributed by atoms with van der Waals surface area (Å²) in [6.07, 6.45) is 1.67. The maximum absolute atomic E-state index is 12.9. The number of hydrogen-bond acceptors (Lipinski definition) is 4. The van der Waals surface area contributed by atoms with Gasteiger partial charge in [0.25, 0.3) is 11.6 Å². The highest BCUT2D eigenvalue weighted by atomic mass is 16.6. The molecule has 2 aromatic carbocycles. The summed E-state index contributed by atoms with van der Waals surface area (Å²) in [6.45, 7) is 2.68. The second-order valence-electron chi connectivity index (χ2n) is 5.39. The zero-order valence-electron chi connectivity index (χ0n) is 13.1. The molecule has 1 aromatic heterocycles. The van der Waals surface area contributed by atoms with Crippen molar-refractivity contribution in [3.05, 3.63) is 69.9 Å². The smallest absolute Gasteiger partial charge is 0.269 e. The zero-order valence-corrected chi connectivity index (χ0v) is 13.1. The molecule has 0 saturated heterocycles. The Hall–Kier alpha value is -3.22. The molecule has 0 fully saturated rings. The van der Waals surface area contributed by atoms with Crippen LogP contribution in [0.4, 0.5) is 5.69 Å². The number of nitro groups is 1. The molecule has 0 aliphatic heterocycles. The Kier molecular flexibility index (Phi) is 4.24. The van der Waals surface area contributed by atoms with Gasteiger partial charge in [-0.25, -0.2) is 0 Å². The highest BCUT2D eigenvalue weighted by Crippen LogP contribution is 2.20. The van der Waals surface area contributed by atoms with E-state index in [0.717, 1.165) is 10.9 Å². The van der Waals surface area contributed by atoms with Gasteiger partial charge in [0.1, 0.15) is 0 Å². The lowest BCUT2D eigenvalue weighted by Gasteiger charge is -2.21. The summed E-state index contributed by atoms with van der Waals surface area (Å²) < 4.78 is 0. The van der Waals surface area contributed by atoms with Gasteiger partial charge in [-0.3, -0.25) is 20.0 Å². The van der Waals surface area contributed by atoms with Gasteiger partial charge in [0.2, 0.25) is 0 Å². The van der Waals surface area contributed by atoms with Crippen LogP contribution in [0.1, 0.15) is 22.8 Å². The molecule has 7 nitrogen and oxygen atoms in total. The number of nitro benzene ring substituents is 1. The molecule has 1 heterocycles. The van der Waals surface area contributed by atoms with Gasteiger partial charge in [0.15, 0.2) is 0 Å². The summed E-state index contributed by atoms with van der Waals surface area (Å²) in [5.41, 5.74) is 1.97. The number of carbonyl (C=O) groups excluding carboxylic acids is 1. The average Bonchev–Trinajstić information content (AvgIpc) is 3.08. The molecule has 0 spiro atoms. The van der Waals surface area contributed by atoms with E-state index in [1.807, 2.05) is 19.1 Å². The largest absolute Gasteiger partial charge is 0.335 e. The fourth-order valence-corrected chi connectivity index (χ4v) is 2.63. The van der Waals surface area contributed by atoms with Gasteiger partial charge < -0.3 is 4.90 Å². The molecule has 24 heavy (non-hydrogen) atoms. The van der Waals surface area contributed by atoms with Crippen LogP contribution in [0.15, 0.2) is 48.7 Å². The third-order valence-corrected chi connectivity index (χ3v) is 3.87. The molecule has 7 heteroatoms. The molecule has 0 unspecified atom stereocenters. The number of amides is 1. The number of aromatic amines is 1. The third-order valence-electron chi connectivity index (χ3n) is 3.87. The molecule has 3 rings (SSSR count). The molecule has 3 aromatic rings. The Balaban J connectivity index is 1.89. The molecule has 1 N–H and O–H groups in total. The molecule has 0 saturated carbocycles. The van der Waals surface area contributed by atoms with Crippen molar-refractivity contribution in [3.63, 3.8) is 0 Å². The topological polar surface area (TPSA) is 92.1 Å². The molecular weight excluding hydrogens is 308 g/mol. The number of non-ortho nitro benzene ring substituents is 1. The predicted octanol–water partition coefficient (Wildman–Crippen LogP) is 3.13. The van der Waals surface area contributed by atoms with Crippen molar-refractivity contribution in [2.75, 3.05) is 6.54 Å². The average molecular weight is 324 g/mol. The minimum Gasteiger partial charge on any atom is -0.335 e. The highest BCUT2D eigenvalue weighted by molar-refractivity contribution is 6.05. The Bertz CT molecular complexity index is 903. The first-order valence-electron chi connectivity index (χ1n) is 7.55. The molecule has 0 atom stereocenters. The SMILES string of the molecule is CCN(Cc1cccc([N+](=O)[O-])c1)C(=O)c1cccc2cn[nH]c12. The number of aromatic nitrogens is 2. The van der Waals surface area contributed by atoms with Crippen LogP contribution < -0.4 is 0 Å². The predicted molar refractivity (Wildman–Crippen MR) is 89.6 cm³/mol. The Morgan fingerprint density at radius 2 is 2.08 bits per heavy atom. The van der Waals surface area contributed by atoms with E-state index in [1.165, 1.54) is 12.1 Å². The summed E-state index contributed by atoms with van der Waals surface area (Å²) in [4.78, 5) is 25.0. The summed E-state index contributed by atoms with van der Waals surface area (Å²) in [6, 6.07) is 11.8. The van der Waals surface area contributed by atoms with Gasteiger partial charge in [-0.05, 0) is 18.6 Å². The molecule has 0 aliphatic rings. The summed E-state index contributed by atoms with van der Waals surface area (Å²) in [5, 5.41) is 18.6. The Labute approximate surface area is 138 Å². The second-order valence-corrected chi connectivity index (χ2v) is 5.39. The van der Waals surface area contributed by atoms with Crippen LogP contribution in [0, 0.1) is 10.1 Å². The van der Waals surface area contributed by atoms with Crippen LogP contribution in [0.25, 0.3) is 10.9 Å². The number of rotatable bonds is 5. The van der Waals surface area contributed by atoms with E-state index in [-0.39, 0.29) is 11.6 Å². The van der Waals surface area contributed by atoms with E-state index in [1.54, 1.807) is 29.3 Å². The van der Waals surface area contributed by atoms with Gasteiger partial charge in [0, 0.05) is 30.6 Å². The molecule has 0 aliphatic carbocycles. The number of nitrogens with zero attached hydrogens (tertiary/aromatic N) is 3. The van der Waals surface area contributed by atoms with Crippen molar-refractivity contribution in [1.29, 1.82) is 0 Å². The Morgan fingerprint density at radius 1 is 1.29 bits per heavy atom. The minimum atomic E-state index is -0.438.